The average molecular weight is 152 g/mol. The zero-order valence-electron chi connectivity index (χ0n) is 6.63. The first-order valence-corrected chi connectivity index (χ1v) is 3.99. The van der Waals surface area contributed by atoms with Crippen molar-refractivity contribution in [2.45, 2.75) is 19.3 Å². The Morgan fingerprint density at radius 1 is 1.73 bits per heavy atom. The molecule has 0 aliphatic carbocycles. The monoisotopic (exact) mass is 152 g/mol. The van der Waals surface area contributed by atoms with Crippen molar-refractivity contribution in [3.05, 3.63) is 17.8 Å². The summed E-state index contributed by atoms with van der Waals surface area (Å²) >= 11 is 0. The first-order chi connectivity index (χ1) is 5.36. The number of oxazole rings is 1. The minimum Gasteiger partial charge on any atom is -0.446 e. The summed E-state index contributed by atoms with van der Waals surface area (Å²) in [7, 11) is 0. The van der Waals surface area contributed by atoms with E-state index in [0.717, 1.165) is 31.2 Å². The second-order valence-electron chi connectivity index (χ2n) is 3.00. The van der Waals surface area contributed by atoms with Gasteiger partial charge in [-0.25, -0.2) is 4.98 Å². The first kappa shape index (κ1) is 6.85. The molecule has 2 heterocycles. The molecule has 1 aromatic heterocycles. The van der Waals surface area contributed by atoms with Crippen molar-refractivity contribution in [3.63, 3.8) is 0 Å². The third-order valence-electron chi connectivity index (χ3n) is 2.05. The molecule has 0 aromatic carbocycles. The molecule has 2 rings (SSSR count). The van der Waals surface area contributed by atoms with Crippen molar-refractivity contribution in [1.29, 1.82) is 0 Å². The van der Waals surface area contributed by atoms with E-state index in [1.54, 1.807) is 6.20 Å². The first-order valence-electron chi connectivity index (χ1n) is 3.99. The van der Waals surface area contributed by atoms with Crippen molar-refractivity contribution >= 4 is 0 Å². The highest BCUT2D eigenvalue weighted by Gasteiger charge is 2.20. The van der Waals surface area contributed by atoms with Gasteiger partial charge in [-0.3, -0.25) is 0 Å². The number of hydrogen-bond acceptors (Lipinski definition) is 3. The lowest BCUT2D eigenvalue weighted by atomic mass is 10.1. The quantitative estimate of drug-likeness (QED) is 0.654. The summed E-state index contributed by atoms with van der Waals surface area (Å²) in [5.41, 5.74) is 0. The van der Waals surface area contributed by atoms with Gasteiger partial charge in [0, 0.05) is 12.5 Å². The van der Waals surface area contributed by atoms with Crippen LogP contribution in [0.25, 0.3) is 0 Å². The molecule has 1 aromatic rings. The molecule has 0 bridgehead atoms. The summed E-state index contributed by atoms with van der Waals surface area (Å²) in [6.45, 7) is 4.03. The van der Waals surface area contributed by atoms with Crippen LogP contribution in [0.1, 0.15) is 24.0 Å². The van der Waals surface area contributed by atoms with Gasteiger partial charge in [-0.15, -0.1) is 0 Å². The summed E-state index contributed by atoms with van der Waals surface area (Å²) in [4.78, 5) is 4.19. The lowest BCUT2D eigenvalue weighted by Crippen LogP contribution is -2.07. The Balaban J connectivity index is 2.15. The largest absolute Gasteiger partial charge is 0.446 e. The predicted octanol–water partition coefficient (Wildman–Crippen LogP) is 1.06. The van der Waals surface area contributed by atoms with Crippen molar-refractivity contribution in [3.8, 4) is 0 Å². The molecule has 1 saturated heterocycles. The molecule has 0 amide bonds. The van der Waals surface area contributed by atoms with Gasteiger partial charge in [0.15, 0.2) is 5.89 Å². The Labute approximate surface area is 65.8 Å². The molecule has 1 unspecified atom stereocenters. The van der Waals surface area contributed by atoms with E-state index in [2.05, 4.69) is 10.3 Å². The molecule has 1 aliphatic rings. The van der Waals surface area contributed by atoms with Crippen molar-refractivity contribution in [2.24, 2.45) is 0 Å². The van der Waals surface area contributed by atoms with Gasteiger partial charge in [0.25, 0.3) is 0 Å². The predicted molar refractivity (Wildman–Crippen MR) is 41.5 cm³/mol. The van der Waals surface area contributed by atoms with E-state index >= 15 is 0 Å². The van der Waals surface area contributed by atoms with Crippen LogP contribution in [0.2, 0.25) is 0 Å². The molecule has 1 fully saturated rings. The molecule has 3 heteroatoms. The molecule has 60 valence electrons. The number of hydrogen-bond donors (Lipinski definition) is 1. The Morgan fingerprint density at radius 3 is 3.18 bits per heavy atom. The Kier molecular flexibility index (Phi) is 1.66. The van der Waals surface area contributed by atoms with Crippen LogP contribution < -0.4 is 5.32 Å². The standard InChI is InChI=1S/C8H12N2O/c1-6-4-10-8(11-6)7-2-3-9-5-7/h4,7,9H,2-3,5H2,1H3. The SMILES string of the molecule is Cc1cnc(C2CCNC2)o1. The summed E-state index contributed by atoms with van der Waals surface area (Å²) in [6.07, 6.45) is 2.94. The van der Waals surface area contributed by atoms with Crippen LogP contribution in [-0.2, 0) is 0 Å². The van der Waals surface area contributed by atoms with Crippen LogP contribution in [0.5, 0.6) is 0 Å². The lowest BCUT2D eigenvalue weighted by molar-refractivity contribution is 0.439. The maximum atomic E-state index is 5.42. The van der Waals surface area contributed by atoms with Crippen molar-refractivity contribution in [2.75, 3.05) is 13.1 Å². The average Bonchev–Trinajstić information content (AvgIpc) is 2.55. The van der Waals surface area contributed by atoms with E-state index in [1.165, 1.54) is 0 Å². The second-order valence-corrected chi connectivity index (χ2v) is 3.00. The van der Waals surface area contributed by atoms with Gasteiger partial charge in [0.2, 0.25) is 0 Å². The Hall–Kier alpha value is -0.830. The van der Waals surface area contributed by atoms with E-state index < -0.39 is 0 Å². The minimum atomic E-state index is 0.503. The van der Waals surface area contributed by atoms with Gasteiger partial charge < -0.3 is 9.73 Å². The van der Waals surface area contributed by atoms with Gasteiger partial charge in [0.1, 0.15) is 5.76 Å². The minimum absolute atomic E-state index is 0.503. The smallest absolute Gasteiger partial charge is 0.198 e. The summed E-state index contributed by atoms with van der Waals surface area (Å²) in [5, 5.41) is 3.28. The second kappa shape index (κ2) is 2.66. The zero-order valence-corrected chi connectivity index (χ0v) is 6.63. The third-order valence-corrected chi connectivity index (χ3v) is 2.05. The molecule has 3 nitrogen and oxygen atoms in total. The highest BCUT2D eigenvalue weighted by atomic mass is 16.4. The number of nitrogens with one attached hydrogen (secondary N) is 1. The molecule has 1 N–H and O–H groups in total. The number of nitrogens with zero attached hydrogens (tertiary/aromatic N) is 1. The molecule has 0 spiro atoms. The molecule has 1 atom stereocenters. The van der Waals surface area contributed by atoms with Crippen LogP contribution in [0.15, 0.2) is 10.6 Å². The fraction of sp³-hybridized carbons (Fsp3) is 0.625. The highest BCUT2D eigenvalue weighted by molar-refractivity contribution is 5.00. The molecular weight excluding hydrogens is 140 g/mol. The number of aromatic nitrogens is 1. The molecule has 0 saturated carbocycles. The lowest BCUT2D eigenvalue weighted by Gasteiger charge is -1.99. The van der Waals surface area contributed by atoms with Crippen LogP contribution in [0, 0.1) is 6.92 Å². The van der Waals surface area contributed by atoms with Gasteiger partial charge in [-0.2, -0.15) is 0 Å². The summed E-state index contributed by atoms with van der Waals surface area (Å²) < 4.78 is 5.42. The van der Waals surface area contributed by atoms with Crippen LogP contribution >= 0.6 is 0 Å². The van der Waals surface area contributed by atoms with Gasteiger partial charge in [0.05, 0.1) is 6.20 Å². The maximum absolute atomic E-state index is 5.42. The van der Waals surface area contributed by atoms with Crippen LogP contribution in [-0.4, -0.2) is 18.1 Å². The molecule has 11 heavy (non-hydrogen) atoms. The molecule has 0 radical (unpaired) electrons. The van der Waals surface area contributed by atoms with Crippen molar-refractivity contribution < 1.29 is 4.42 Å². The Bertz CT molecular complexity index is 238. The van der Waals surface area contributed by atoms with E-state index in [1.807, 2.05) is 6.92 Å². The molecular formula is C8H12N2O. The summed E-state index contributed by atoms with van der Waals surface area (Å²) in [6, 6.07) is 0. The Morgan fingerprint density at radius 2 is 2.64 bits per heavy atom. The molecule has 1 aliphatic heterocycles. The van der Waals surface area contributed by atoms with E-state index in [4.69, 9.17) is 4.42 Å². The normalized spacial score (nSPS) is 24.3. The number of rotatable bonds is 1. The summed E-state index contributed by atoms with van der Waals surface area (Å²) in [5.74, 6) is 2.31. The fourth-order valence-electron chi connectivity index (χ4n) is 1.43. The van der Waals surface area contributed by atoms with Crippen LogP contribution in [0.3, 0.4) is 0 Å². The fourth-order valence-corrected chi connectivity index (χ4v) is 1.43. The van der Waals surface area contributed by atoms with E-state index in [9.17, 15) is 0 Å². The van der Waals surface area contributed by atoms with E-state index in [-0.39, 0.29) is 0 Å². The maximum Gasteiger partial charge on any atom is 0.198 e. The van der Waals surface area contributed by atoms with E-state index in [0.29, 0.717) is 5.92 Å². The van der Waals surface area contributed by atoms with Gasteiger partial charge in [-0.05, 0) is 19.9 Å². The number of aryl methyl sites for hydroxylation is 1. The van der Waals surface area contributed by atoms with Gasteiger partial charge in [-0.1, -0.05) is 0 Å². The van der Waals surface area contributed by atoms with Gasteiger partial charge >= 0.3 is 0 Å². The zero-order chi connectivity index (χ0) is 7.68. The topological polar surface area (TPSA) is 38.1 Å². The van der Waals surface area contributed by atoms with Crippen molar-refractivity contribution in [1.82, 2.24) is 10.3 Å². The third kappa shape index (κ3) is 1.28. The highest BCUT2D eigenvalue weighted by Crippen LogP contribution is 2.21. The van der Waals surface area contributed by atoms with Crippen LogP contribution in [0.4, 0.5) is 0 Å².